The summed E-state index contributed by atoms with van der Waals surface area (Å²) in [4.78, 5) is 70.3. The Morgan fingerprint density at radius 1 is 0.952 bits per heavy atom. The smallest absolute Gasteiger partial charge is 0.294 e. The van der Waals surface area contributed by atoms with Gasteiger partial charge in [-0.05, 0) is 107 Å². The van der Waals surface area contributed by atoms with Gasteiger partial charge in [-0.15, -0.1) is 0 Å². The number of aryl methyl sites for hydroxylation is 2. The lowest BCUT2D eigenvalue weighted by Gasteiger charge is -2.49. The number of likely N-dealkylation sites (tertiary alicyclic amines) is 1. The van der Waals surface area contributed by atoms with E-state index in [1.165, 1.54) is 30.1 Å². The van der Waals surface area contributed by atoms with Crippen molar-refractivity contribution in [2.24, 2.45) is 25.4 Å². The highest BCUT2D eigenvalue weighted by molar-refractivity contribution is 6.33. The van der Waals surface area contributed by atoms with Crippen LogP contribution in [0.2, 0.25) is 5.02 Å². The number of rotatable bonds is 10. The molecule has 4 aliphatic heterocycles. The Hall–Kier alpha value is -5.81. The minimum absolute atomic E-state index is 0.0535. The zero-order valence-electron chi connectivity index (χ0n) is 36.3. The van der Waals surface area contributed by atoms with E-state index in [0.29, 0.717) is 63.7 Å². The van der Waals surface area contributed by atoms with Crippen molar-refractivity contribution in [2.45, 2.75) is 70.3 Å². The number of hydrogen-bond donors (Lipinski definition) is 3. The Morgan fingerprint density at radius 3 is 2.43 bits per heavy atom. The fourth-order valence-corrected chi connectivity index (χ4v) is 10.3. The Kier molecular flexibility index (Phi) is 11.7. The van der Waals surface area contributed by atoms with Crippen LogP contribution in [0.5, 0.6) is 5.75 Å². The van der Waals surface area contributed by atoms with Crippen LogP contribution in [-0.4, -0.2) is 111 Å². The first-order valence-electron chi connectivity index (χ1n) is 22.1. The summed E-state index contributed by atoms with van der Waals surface area (Å²) >= 11 is 6.60. The monoisotopic (exact) mass is 878 g/mol. The van der Waals surface area contributed by atoms with Crippen LogP contribution < -0.4 is 36.0 Å². The van der Waals surface area contributed by atoms with Crippen molar-refractivity contribution in [3.8, 4) is 5.75 Å². The first-order valence-corrected chi connectivity index (χ1v) is 22.4. The largest absolute Gasteiger partial charge is 0.478 e. The Balaban J connectivity index is 0.770. The second-order valence-electron chi connectivity index (χ2n) is 17.8. The number of halogens is 1. The minimum Gasteiger partial charge on any atom is -0.478 e. The van der Waals surface area contributed by atoms with Gasteiger partial charge in [0.15, 0.2) is 18.2 Å². The highest BCUT2D eigenvalue weighted by Gasteiger charge is 2.40. The van der Waals surface area contributed by atoms with Crippen molar-refractivity contribution in [3.63, 3.8) is 0 Å². The Morgan fingerprint density at radius 2 is 1.70 bits per heavy atom. The number of carbonyl (C=O) groups excluding carboxylic acids is 3. The van der Waals surface area contributed by atoms with Gasteiger partial charge in [-0.25, -0.2) is 9.97 Å². The summed E-state index contributed by atoms with van der Waals surface area (Å²) in [6.07, 6.45) is 11.0. The molecule has 0 bridgehead atoms. The molecule has 1 aromatic carbocycles. The lowest BCUT2D eigenvalue weighted by molar-refractivity contribution is -0.134. The van der Waals surface area contributed by atoms with E-state index in [9.17, 15) is 19.2 Å². The maximum absolute atomic E-state index is 12.8. The lowest BCUT2D eigenvalue weighted by atomic mass is 9.70. The van der Waals surface area contributed by atoms with Crippen molar-refractivity contribution in [1.29, 1.82) is 0 Å². The molecule has 4 aliphatic rings. The zero-order chi connectivity index (χ0) is 44.0. The fraction of sp³-hybridized carbons (Fsp3) is 0.511. The van der Waals surface area contributed by atoms with Gasteiger partial charge in [-0.1, -0.05) is 11.6 Å². The molecule has 8 heterocycles. The number of anilines is 4. The molecule has 0 radical (unpaired) electrons. The van der Waals surface area contributed by atoms with Crippen LogP contribution in [0.25, 0.3) is 21.9 Å². The molecular formula is C45H55ClN12O5. The van der Waals surface area contributed by atoms with Gasteiger partial charge in [0.05, 0.1) is 35.2 Å². The van der Waals surface area contributed by atoms with E-state index in [2.05, 4.69) is 65.7 Å². The van der Waals surface area contributed by atoms with Crippen molar-refractivity contribution in [2.75, 3.05) is 68.0 Å². The summed E-state index contributed by atoms with van der Waals surface area (Å²) in [7, 11) is 5.05. The molecule has 9 rings (SSSR count). The molecule has 0 aliphatic carbocycles. The van der Waals surface area contributed by atoms with Gasteiger partial charge in [-0.3, -0.25) is 33.7 Å². The van der Waals surface area contributed by atoms with E-state index in [4.69, 9.17) is 26.4 Å². The number of nitrogens with zero attached hydrogens (tertiary/aromatic N) is 9. The summed E-state index contributed by atoms with van der Waals surface area (Å²) in [5.41, 5.74) is 3.98. The minimum atomic E-state index is -0.404. The second-order valence-corrected chi connectivity index (χ2v) is 18.2. The molecule has 332 valence electrons. The van der Waals surface area contributed by atoms with Gasteiger partial charge < -0.3 is 30.1 Å². The van der Waals surface area contributed by atoms with Crippen LogP contribution in [0, 0.1) is 11.3 Å². The summed E-state index contributed by atoms with van der Waals surface area (Å²) < 4.78 is 8.76. The molecule has 4 saturated heterocycles. The van der Waals surface area contributed by atoms with Crippen LogP contribution in [0.1, 0.15) is 69.9 Å². The standard InChI is InChI=1S/C45H55ClN12O5/c1-27(28-9-15-57(16-10-28)31-5-6-32-35(23-31)55(4)53-39(32)33-7-8-37(59)51-42(33)61)56-17-11-45(12-18-56)13-19-58(20-14-45)44-49-25-34(46)40(52-44)50-30-21-29-22-36(63-26-38(60)47-2)43(62)54(3)41(29)48-24-30/h5-6,21-25,27-28,33H,7-20,26H2,1-4H3,(H,47,60)(H,49,50,52)(H,51,59,61)/t27-,33-/m1/s1. The van der Waals surface area contributed by atoms with Crippen LogP contribution in [0.3, 0.4) is 0 Å². The molecule has 4 aromatic heterocycles. The third-order valence-electron chi connectivity index (χ3n) is 14.2. The van der Waals surface area contributed by atoms with Crippen molar-refractivity contribution < 1.29 is 19.1 Å². The van der Waals surface area contributed by atoms with E-state index in [-0.39, 0.29) is 35.6 Å². The maximum atomic E-state index is 12.8. The molecule has 3 N–H and O–H groups in total. The van der Waals surface area contributed by atoms with Gasteiger partial charge in [0.1, 0.15) is 10.7 Å². The molecule has 5 aromatic rings. The molecule has 3 amide bonds. The fourth-order valence-electron chi connectivity index (χ4n) is 10.2. The van der Waals surface area contributed by atoms with Crippen LogP contribution in [0.4, 0.5) is 23.1 Å². The number of pyridine rings is 2. The summed E-state index contributed by atoms with van der Waals surface area (Å²) in [6.45, 7) is 8.17. The van der Waals surface area contributed by atoms with Crippen LogP contribution >= 0.6 is 11.6 Å². The number of fused-ring (bicyclic) bond motifs is 2. The van der Waals surface area contributed by atoms with Crippen molar-refractivity contribution in [3.05, 3.63) is 63.8 Å². The molecule has 17 nitrogen and oxygen atoms in total. The van der Waals surface area contributed by atoms with Gasteiger partial charge in [-0.2, -0.15) is 10.1 Å². The predicted molar refractivity (Wildman–Crippen MR) is 242 cm³/mol. The number of amides is 3. The third-order valence-corrected chi connectivity index (χ3v) is 14.5. The molecule has 0 unspecified atom stereocenters. The van der Waals surface area contributed by atoms with E-state index in [0.717, 1.165) is 81.5 Å². The number of imide groups is 1. The molecule has 18 heteroatoms. The number of piperidine rings is 4. The number of aromatic nitrogens is 6. The van der Waals surface area contributed by atoms with Crippen molar-refractivity contribution >= 4 is 74.4 Å². The summed E-state index contributed by atoms with van der Waals surface area (Å²) in [6, 6.07) is 10.4. The average Bonchev–Trinajstić information content (AvgIpc) is 3.62. The lowest BCUT2D eigenvalue weighted by Crippen LogP contribution is -2.51. The van der Waals surface area contributed by atoms with Gasteiger partial charge in [0.25, 0.3) is 11.5 Å². The Labute approximate surface area is 370 Å². The molecule has 63 heavy (non-hydrogen) atoms. The topological polar surface area (TPSA) is 185 Å². The predicted octanol–water partition coefficient (Wildman–Crippen LogP) is 4.64. The molecule has 4 fully saturated rings. The highest BCUT2D eigenvalue weighted by atomic mass is 35.5. The number of ether oxygens (including phenoxy) is 1. The van der Waals surface area contributed by atoms with E-state index < -0.39 is 5.92 Å². The number of carbonyl (C=O) groups is 3. The zero-order valence-corrected chi connectivity index (χ0v) is 37.1. The summed E-state index contributed by atoms with van der Waals surface area (Å²) in [5.74, 6) is 0.583. The number of hydrogen-bond acceptors (Lipinski definition) is 13. The normalized spacial score (nSPS) is 20.3. The molecular weight excluding hydrogens is 824 g/mol. The van der Waals surface area contributed by atoms with Crippen LogP contribution in [0.15, 0.2) is 47.5 Å². The SMILES string of the molecule is CNC(=O)COc1cc2cc(Nc3nc(N4CCC5(CC4)CCN([C@H](C)C4CCN(c6ccc7c([C@H]8CCC(=O)NC8=O)nn(C)c7c6)CC4)CC5)ncc3Cl)cnc2n(C)c1=O. The van der Waals surface area contributed by atoms with E-state index >= 15 is 0 Å². The Bertz CT molecular complexity index is 2620. The van der Waals surface area contributed by atoms with Crippen molar-refractivity contribution in [1.82, 2.24) is 44.8 Å². The van der Waals surface area contributed by atoms with Gasteiger partial charge in [0.2, 0.25) is 17.8 Å². The quantitative estimate of drug-likeness (QED) is 0.165. The van der Waals surface area contributed by atoms with Gasteiger partial charge >= 0.3 is 0 Å². The first-order chi connectivity index (χ1) is 30.4. The summed E-state index contributed by atoms with van der Waals surface area (Å²) in [5, 5.41) is 15.0. The van der Waals surface area contributed by atoms with Crippen LogP contribution in [-0.2, 0) is 28.5 Å². The number of benzene rings is 1. The first kappa shape index (κ1) is 42.5. The third kappa shape index (κ3) is 8.52. The van der Waals surface area contributed by atoms with E-state index in [1.807, 2.05) is 17.8 Å². The highest BCUT2D eigenvalue weighted by Crippen LogP contribution is 2.43. The molecule has 0 saturated carbocycles. The average molecular weight is 879 g/mol. The number of nitrogens with one attached hydrogen (secondary N) is 3. The van der Waals surface area contributed by atoms with Gasteiger partial charge in [0, 0.05) is 76.2 Å². The van der Waals surface area contributed by atoms with E-state index in [1.54, 1.807) is 25.5 Å². The maximum Gasteiger partial charge on any atom is 0.294 e. The molecule has 2 atom stereocenters. The number of likely N-dealkylation sites (N-methyl/N-ethyl adjacent to an activating group) is 1. The second kappa shape index (κ2) is 17.4. The molecule has 1 spiro atoms.